The molecule has 7 rings (SSSR count). The van der Waals surface area contributed by atoms with Gasteiger partial charge in [0.2, 0.25) is 11.8 Å². The molecule has 284 valence electrons. The Morgan fingerprint density at radius 2 is 1.74 bits per heavy atom. The largest absolute Gasteiger partial charge is 0.496 e. The molecule has 2 atom stereocenters. The standard InChI is InChI=1S/C42H47F2N5O5/c1-24(50)49-15-5-6-28(23-49)32-21-33(34-22-36(42(53)47(2)3)45-40(34)39(32)44)31-10-9-29(20-37(31)54-4)48-16-13-25(14-17-48)18-27-8-7-26(19-35(27)43)30-11-12-38(51)46-41(30)52/h6-10,19-22,25,30,38,45,51H,5,11-18,23H2,1-4H3,(H,46,52). The van der Waals surface area contributed by atoms with Crippen LogP contribution < -0.4 is 15.0 Å². The monoisotopic (exact) mass is 739 g/mol. The Kier molecular flexibility index (Phi) is 10.5. The highest BCUT2D eigenvalue weighted by molar-refractivity contribution is 6.05. The number of methoxy groups -OCH3 is 1. The molecule has 54 heavy (non-hydrogen) atoms. The quantitative estimate of drug-likeness (QED) is 0.197. The molecule has 3 aromatic carbocycles. The summed E-state index contributed by atoms with van der Waals surface area (Å²) in [6.07, 6.45) is 5.01. The molecular weight excluding hydrogens is 692 g/mol. The second kappa shape index (κ2) is 15.3. The fraction of sp³-hybridized carbons (Fsp3) is 0.405. The van der Waals surface area contributed by atoms with Crippen LogP contribution in [0.1, 0.15) is 72.1 Å². The van der Waals surface area contributed by atoms with E-state index in [1.807, 2.05) is 30.3 Å². The van der Waals surface area contributed by atoms with E-state index in [2.05, 4.69) is 15.2 Å². The van der Waals surface area contributed by atoms with Gasteiger partial charge in [0.05, 0.1) is 18.5 Å². The first-order chi connectivity index (χ1) is 25.9. The summed E-state index contributed by atoms with van der Waals surface area (Å²) in [5.41, 5.74) is 5.25. The van der Waals surface area contributed by atoms with Crippen molar-refractivity contribution in [2.75, 3.05) is 52.3 Å². The van der Waals surface area contributed by atoms with Crippen LogP contribution in [0.25, 0.3) is 27.6 Å². The summed E-state index contributed by atoms with van der Waals surface area (Å²) in [4.78, 5) is 46.1. The lowest BCUT2D eigenvalue weighted by molar-refractivity contribution is -0.129. The number of nitrogens with zero attached hydrogens (tertiary/aromatic N) is 3. The van der Waals surface area contributed by atoms with Gasteiger partial charge in [-0.2, -0.15) is 0 Å². The molecule has 0 radical (unpaired) electrons. The fourth-order valence-corrected chi connectivity index (χ4v) is 8.14. The Morgan fingerprint density at radius 1 is 0.963 bits per heavy atom. The zero-order valence-electron chi connectivity index (χ0n) is 31.2. The number of fused-ring (bicyclic) bond motifs is 1. The number of piperidine rings is 2. The van der Waals surface area contributed by atoms with Crippen molar-refractivity contribution in [3.8, 4) is 16.9 Å². The van der Waals surface area contributed by atoms with Gasteiger partial charge in [-0.1, -0.05) is 18.2 Å². The van der Waals surface area contributed by atoms with Crippen LogP contribution >= 0.6 is 0 Å². The topological polar surface area (TPSA) is 118 Å². The normalized spacial score (nSPS) is 19.5. The first-order valence-corrected chi connectivity index (χ1v) is 18.6. The van der Waals surface area contributed by atoms with Gasteiger partial charge in [-0.3, -0.25) is 14.4 Å². The van der Waals surface area contributed by atoms with Crippen molar-refractivity contribution >= 4 is 39.9 Å². The van der Waals surface area contributed by atoms with Gasteiger partial charge in [0.15, 0.2) is 5.82 Å². The van der Waals surface area contributed by atoms with Gasteiger partial charge < -0.3 is 34.8 Å². The molecule has 0 aliphatic carbocycles. The van der Waals surface area contributed by atoms with Gasteiger partial charge in [-0.15, -0.1) is 0 Å². The van der Waals surface area contributed by atoms with E-state index in [-0.39, 0.29) is 41.3 Å². The molecule has 3 N–H and O–H groups in total. The minimum atomic E-state index is -0.845. The number of aliphatic hydroxyl groups excluding tert-OH is 1. The van der Waals surface area contributed by atoms with Crippen molar-refractivity contribution < 1.29 is 33.0 Å². The third-order valence-corrected chi connectivity index (χ3v) is 11.2. The first-order valence-electron chi connectivity index (χ1n) is 18.6. The third kappa shape index (κ3) is 7.31. The predicted octanol–water partition coefficient (Wildman–Crippen LogP) is 6.23. The minimum absolute atomic E-state index is 0.0717. The highest BCUT2D eigenvalue weighted by atomic mass is 19.1. The number of carbonyl (C=O) groups is 3. The number of aromatic nitrogens is 1. The van der Waals surface area contributed by atoms with E-state index in [0.29, 0.717) is 77.1 Å². The van der Waals surface area contributed by atoms with Gasteiger partial charge in [0.1, 0.15) is 23.5 Å². The van der Waals surface area contributed by atoms with E-state index in [4.69, 9.17) is 4.74 Å². The second-order valence-electron chi connectivity index (χ2n) is 14.9. The van der Waals surface area contributed by atoms with Crippen molar-refractivity contribution in [3.05, 3.63) is 88.6 Å². The highest BCUT2D eigenvalue weighted by Crippen LogP contribution is 2.42. The van der Waals surface area contributed by atoms with E-state index < -0.39 is 18.0 Å². The lowest BCUT2D eigenvalue weighted by Crippen LogP contribution is -2.42. The Hall–Kier alpha value is -5.23. The van der Waals surface area contributed by atoms with Crippen LogP contribution in [0.5, 0.6) is 5.75 Å². The van der Waals surface area contributed by atoms with E-state index >= 15 is 8.78 Å². The van der Waals surface area contributed by atoms with Gasteiger partial charge in [0.25, 0.3) is 5.91 Å². The van der Waals surface area contributed by atoms with Crippen LogP contribution in [0.15, 0.2) is 54.6 Å². The summed E-state index contributed by atoms with van der Waals surface area (Å²) >= 11 is 0. The number of nitrogens with one attached hydrogen (secondary N) is 2. The second-order valence-corrected chi connectivity index (χ2v) is 14.9. The molecule has 0 saturated carbocycles. The predicted molar refractivity (Wildman–Crippen MR) is 204 cm³/mol. The number of H-pyrrole nitrogens is 1. The number of amides is 3. The summed E-state index contributed by atoms with van der Waals surface area (Å²) < 4.78 is 37.6. The van der Waals surface area contributed by atoms with E-state index in [0.717, 1.165) is 37.2 Å². The summed E-state index contributed by atoms with van der Waals surface area (Å²) in [6, 6.07) is 14.6. The maximum Gasteiger partial charge on any atom is 0.269 e. The number of aliphatic hydroxyl groups is 1. The molecule has 10 nitrogen and oxygen atoms in total. The maximum absolute atomic E-state index is 16.4. The van der Waals surface area contributed by atoms with Crippen LogP contribution in [-0.4, -0.2) is 91.2 Å². The number of carbonyl (C=O) groups excluding carboxylic acids is 3. The van der Waals surface area contributed by atoms with E-state index in [1.54, 1.807) is 44.3 Å². The number of aromatic amines is 1. The van der Waals surface area contributed by atoms with Crippen LogP contribution in [0, 0.1) is 17.6 Å². The van der Waals surface area contributed by atoms with Crippen LogP contribution in [0.4, 0.5) is 14.5 Å². The molecular formula is C42H47F2N5O5. The summed E-state index contributed by atoms with van der Waals surface area (Å²) in [7, 11) is 4.90. The van der Waals surface area contributed by atoms with E-state index in [1.165, 1.54) is 17.9 Å². The van der Waals surface area contributed by atoms with Crippen LogP contribution in [-0.2, 0) is 16.0 Å². The fourth-order valence-electron chi connectivity index (χ4n) is 8.14. The van der Waals surface area contributed by atoms with Crippen LogP contribution in [0.2, 0.25) is 0 Å². The third-order valence-electron chi connectivity index (χ3n) is 11.2. The molecule has 3 amide bonds. The average Bonchev–Trinajstić information content (AvgIpc) is 3.62. The molecule has 3 aliphatic rings. The molecule has 2 unspecified atom stereocenters. The zero-order chi connectivity index (χ0) is 38.3. The summed E-state index contributed by atoms with van der Waals surface area (Å²) in [6.45, 7) is 3.93. The Bertz CT molecular complexity index is 2140. The van der Waals surface area contributed by atoms with Crippen molar-refractivity contribution in [2.24, 2.45) is 5.92 Å². The van der Waals surface area contributed by atoms with Crippen molar-refractivity contribution in [1.29, 1.82) is 0 Å². The Labute approximate surface area is 313 Å². The van der Waals surface area contributed by atoms with Gasteiger partial charge in [-0.05, 0) is 97.0 Å². The Morgan fingerprint density at radius 3 is 2.43 bits per heavy atom. The van der Waals surface area contributed by atoms with Crippen LogP contribution in [0.3, 0.4) is 0 Å². The molecule has 3 aliphatic heterocycles. The smallest absolute Gasteiger partial charge is 0.269 e. The highest BCUT2D eigenvalue weighted by Gasteiger charge is 2.30. The van der Waals surface area contributed by atoms with Crippen molar-refractivity contribution in [3.63, 3.8) is 0 Å². The molecule has 12 heteroatoms. The van der Waals surface area contributed by atoms with E-state index in [9.17, 15) is 19.5 Å². The number of anilines is 1. The lowest BCUT2D eigenvalue weighted by atomic mass is 9.86. The molecule has 1 aromatic heterocycles. The number of hydrogen-bond acceptors (Lipinski definition) is 6. The van der Waals surface area contributed by atoms with Gasteiger partial charge in [0, 0.05) is 75.5 Å². The van der Waals surface area contributed by atoms with Gasteiger partial charge in [-0.25, -0.2) is 8.78 Å². The lowest BCUT2D eigenvalue weighted by Gasteiger charge is -2.34. The molecule has 4 aromatic rings. The first kappa shape index (κ1) is 37.1. The molecule has 2 saturated heterocycles. The SMILES string of the molecule is COc1cc(N2CCC(Cc3ccc(C4CCC(O)NC4=O)cc3F)CC2)ccc1-c1cc(C2=CCCN(C(C)=O)C2)c(F)c2[nH]c(C(=O)N(C)C)cc12. The molecule has 2 fully saturated rings. The molecule has 4 heterocycles. The molecule has 0 bridgehead atoms. The summed E-state index contributed by atoms with van der Waals surface area (Å²) in [5, 5.41) is 12.8. The Balaban J connectivity index is 1.12. The van der Waals surface area contributed by atoms with Crippen molar-refractivity contribution in [1.82, 2.24) is 20.1 Å². The average molecular weight is 740 g/mol. The number of ether oxygens (including phenoxy) is 1. The van der Waals surface area contributed by atoms with Gasteiger partial charge >= 0.3 is 0 Å². The molecule has 0 spiro atoms. The number of rotatable bonds is 8. The number of hydrogen-bond donors (Lipinski definition) is 3. The number of benzene rings is 3. The minimum Gasteiger partial charge on any atom is -0.496 e. The zero-order valence-corrected chi connectivity index (χ0v) is 31.2. The summed E-state index contributed by atoms with van der Waals surface area (Å²) in [5.74, 6) is -0.970. The van der Waals surface area contributed by atoms with Crippen molar-refractivity contribution in [2.45, 2.75) is 57.6 Å². The number of halogens is 2. The maximum atomic E-state index is 16.4.